The van der Waals surface area contributed by atoms with Gasteiger partial charge < -0.3 is 0 Å². The van der Waals surface area contributed by atoms with E-state index in [1.54, 1.807) is 0 Å². The van der Waals surface area contributed by atoms with Crippen LogP contribution in [-0.4, -0.2) is 0 Å². The van der Waals surface area contributed by atoms with Crippen LogP contribution in [0.2, 0.25) is 0 Å². The monoisotopic (exact) mass is 304 g/mol. The molecule has 0 spiro atoms. The fourth-order valence-corrected chi connectivity index (χ4v) is 2.13. The van der Waals surface area contributed by atoms with Gasteiger partial charge in [-0.2, -0.15) is 26.3 Å². The second-order valence-electron chi connectivity index (χ2n) is 4.57. The first-order valence-electron chi connectivity index (χ1n) is 5.95. The molecule has 0 fully saturated rings. The number of halogens is 6. The van der Waals surface area contributed by atoms with Gasteiger partial charge in [0.05, 0.1) is 11.1 Å². The second kappa shape index (κ2) is 5.09. The van der Waals surface area contributed by atoms with Crippen LogP contribution in [0.25, 0.3) is 11.1 Å². The Bertz CT molecular complexity index is 652. The van der Waals surface area contributed by atoms with Gasteiger partial charge in [0, 0.05) is 0 Å². The van der Waals surface area contributed by atoms with Gasteiger partial charge in [-0.25, -0.2) is 0 Å². The highest BCUT2D eigenvalue weighted by Crippen LogP contribution is 2.39. The molecule has 0 heterocycles. The van der Waals surface area contributed by atoms with Crippen molar-refractivity contribution in [1.82, 2.24) is 0 Å². The summed E-state index contributed by atoms with van der Waals surface area (Å²) in [6, 6.07) is 7.78. The molecule has 0 saturated carbocycles. The van der Waals surface area contributed by atoms with Gasteiger partial charge in [-0.1, -0.05) is 30.3 Å². The predicted octanol–water partition coefficient (Wildman–Crippen LogP) is 5.70. The SMILES string of the molecule is Cc1cc(-c2ccccc2C(F)(F)F)ccc1C(F)(F)F. The molecule has 0 radical (unpaired) electrons. The predicted molar refractivity (Wildman–Crippen MR) is 66.6 cm³/mol. The van der Waals surface area contributed by atoms with E-state index in [2.05, 4.69) is 0 Å². The maximum atomic E-state index is 12.9. The van der Waals surface area contributed by atoms with Crippen LogP contribution in [0, 0.1) is 6.92 Å². The molecule has 0 aliphatic carbocycles. The highest BCUT2D eigenvalue weighted by molar-refractivity contribution is 5.69. The van der Waals surface area contributed by atoms with Crippen LogP contribution in [0.1, 0.15) is 16.7 Å². The minimum absolute atomic E-state index is 0.105. The van der Waals surface area contributed by atoms with Crippen molar-refractivity contribution in [1.29, 1.82) is 0 Å². The van der Waals surface area contributed by atoms with Gasteiger partial charge in [-0.3, -0.25) is 0 Å². The Morgan fingerprint density at radius 1 is 0.714 bits per heavy atom. The van der Waals surface area contributed by atoms with Gasteiger partial charge >= 0.3 is 12.4 Å². The lowest BCUT2D eigenvalue weighted by molar-refractivity contribution is -0.138. The lowest BCUT2D eigenvalue weighted by Crippen LogP contribution is -2.09. The van der Waals surface area contributed by atoms with Crippen molar-refractivity contribution in [2.75, 3.05) is 0 Å². The molecule has 0 unspecified atom stereocenters. The van der Waals surface area contributed by atoms with E-state index in [0.717, 1.165) is 24.3 Å². The molecular weight excluding hydrogens is 294 g/mol. The number of rotatable bonds is 1. The highest BCUT2D eigenvalue weighted by atomic mass is 19.4. The summed E-state index contributed by atoms with van der Waals surface area (Å²) in [6.45, 7) is 1.22. The van der Waals surface area contributed by atoms with Crippen molar-refractivity contribution >= 4 is 0 Å². The molecule has 2 aromatic carbocycles. The van der Waals surface area contributed by atoms with Crippen LogP contribution < -0.4 is 0 Å². The Hall–Kier alpha value is -1.98. The Morgan fingerprint density at radius 2 is 1.29 bits per heavy atom. The molecule has 0 nitrogen and oxygen atoms in total. The standard InChI is InChI=1S/C15H10F6/c1-9-8-10(6-7-12(9)14(16,17)18)11-4-2-3-5-13(11)15(19,20)21/h2-8H,1H3. The van der Waals surface area contributed by atoms with Crippen molar-refractivity contribution in [3.05, 3.63) is 59.2 Å². The Kier molecular flexibility index (Phi) is 3.74. The molecule has 0 aliphatic rings. The molecule has 0 atom stereocenters. The van der Waals surface area contributed by atoms with E-state index >= 15 is 0 Å². The average molecular weight is 304 g/mol. The first-order chi connectivity index (χ1) is 9.60. The Labute approximate surface area is 117 Å². The zero-order valence-corrected chi connectivity index (χ0v) is 10.8. The second-order valence-corrected chi connectivity index (χ2v) is 4.57. The van der Waals surface area contributed by atoms with Crippen LogP contribution in [0.5, 0.6) is 0 Å². The molecule has 0 amide bonds. The quantitative estimate of drug-likeness (QED) is 0.593. The van der Waals surface area contributed by atoms with E-state index < -0.39 is 23.5 Å². The largest absolute Gasteiger partial charge is 0.417 e. The topological polar surface area (TPSA) is 0 Å². The van der Waals surface area contributed by atoms with Gasteiger partial charge in [0.25, 0.3) is 0 Å². The zero-order valence-electron chi connectivity index (χ0n) is 10.8. The third-order valence-corrected chi connectivity index (χ3v) is 3.08. The minimum Gasteiger partial charge on any atom is -0.166 e. The van der Waals surface area contributed by atoms with Crippen molar-refractivity contribution in [2.45, 2.75) is 19.3 Å². The van der Waals surface area contributed by atoms with Crippen molar-refractivity contribution < 1.29 is 26.3 Å². The smallest absolute Gasteiger partial charge is 0.166 e. The van der Waals surface area contributed by atoms with E-state index in [1.165, 1.54) is 25.1 Å². The molecular formula is C15H10F6. The fourth-order valence-electron chi connectivity index (χ4n) is 2.13. The highest BCUT2D eigenvalue weighted by Gasteiger charge is 2.35. The van der Waals surface area contributed by atoms with Gasteiger partial charge in [-0.05, 0) is 35.7 Å². The third-order valence-electron chi connectivity index (χ3n) is 3.08. The van der Waals surface area contributed by atoms with Gasteiger partial charge in [-0.15, -0.1) is 0 Å². The van der Waals surface area contributed by atoms with Crippen molar-refractivity contribution in [3.63, 3.8) is 0 Å². The summed E-state index contributed by atoms with van der Waals surface area (Å²) < 4.78 is 76.8. The number of alkyl halides is 6. The van der Waals surface area contributed by atoms with Crippen LogP contribution in [0.4, 0.5) is 26.3 Å². The first-order valence-corrected chi connectivity index (χ1v) is 5.95. The normalized spacial score (nSPS) is 12.5. The lowest BCUT2D eigenvalue weighted by atomic mass is 9.96. The summed E-state index contributed by atoms with van der Waals surface area (Å²) in [4.78, 5) is 0. The van der Waals surface area contributed by atoms with Crippen molar-refractivity contribution in [3.8, 4) is 11.1 Å². The molecule has 0 N–H and O–H groups in total. The maximum absolute atomic E-state index is 12.9. The van der Waals surface area contributed by atoms with E-state index in [9.17, 15) is 26.3 Å². The van der Waals surface area contributed by atoms with Crippen LogP contribution in [0.15, 0.2) is 42.5 Å². The summed E-state index contributed by atoms with van der Waals surface area (Å²) in [6.07, 6.45) is -9.08. The summed E-state index contributed by atoms with van der Waals surface area (Å²) in [7, 11) is 0. The van der Waals surface area contributed by atoms with E-state index in [4.69, 9.17) is 0 Å². The Morgan fingerprint density at radius 3 is 1.81 bits per heavy atom. The molecule has 6 heteroatoms. The summed E-state index contributed by atoms with van der Waals surface area (Å²) in [5.41, 5.74) is -1.87. The minimum atomic E-state index is -4.56. The van der Waals surface area contributed by atoms with Gasteiger partial charge in [0.2, 0.25) is 0 Å². The van der Waals surface area contributed by atoms with Crippen molar-refractivity contribution in [2.24, 2.45) is 0 Å². The lowest BCUT2D eigenvalue weighted by Gasteiger charge is -2.15. The molecule has 0 aromatic heterocycles. The van der Waals surface area contributed by atoms with E-state index in [-0.39, 0.29) is 16.7 Å². The fraction of sp³-hybridized carbons (Fsp3) is 0.200. The summed E-state index contributed by atoms with van der Waals surface area (Å²) >= 11 is 0. The molecule has 2 aromatic rings. The molecule has 0 saturated heterocycles. The Balaban J connectivity index is 2.57. The number of hydrogen-bond donors (Lipinski definition) is 0. The first kappa shape index (κ1) is 15.4. The zero-order chi connectivity index (χ0) is 15.8. The average Bonchev–Trinajstić information content (AvgIpc) is 2.36. The molecule has 112 valence electrons. The van der Waals surface area contributed by atoms with Crippen LogP contribution >= 0.6 is 0 Å². The molecule has 0 bridgehead atoms. The summed E-state index contributed by atoms with van der Waals surface area (Å²) in [5.74, 6) is 0. The van der Waals surface area contributed by atoms with Crippen LogP contribution in [0.3, 0.4) is 0 Å². The summed E-state index contributed by atoms with van der Waals surface area (Å²) in [5, 5.41) is 0. The van der Waals surface area contributed by atoms with Gasteiger partial charge in [0.15, 0.2) is 0 Å². The van der Waals surface area contributed by atoms with E-state index in [0.29, 0.717) is 0 Å². The number of benzene rings is 2. The van der Waals surface area contributed by atoms with E-state index in [1.807, 2.05) is 0 Å². The molecule has 0 aliphatic heterocycles. The third kappa shape index (κ3) is 3.20. The number of aryl methyl sites for hydroxylation is 1. The maximum Gasteiger partial charge on any atom is 0.417 e. The van der Waals surface area contributed by atoms with Gasteiger partial charge in [0.1, 0.15) is 0 Å². The van der Waals surface area contributed by atoms with Crippen LogP contribution in [-0.2, 0) is 12.4 Å². The molecule has 2 rings (SSSR count). The molecule has 21 heavy (non-hydrogen) atoms. The number of hydrogen-bond acceptors (Lipinski definition) is 0.